The largest absolute Gasteiger partial charge is 0.296 e. The standard InChI is InChI=1S/C14H19ClN2O2S/c15-13-3-1-2-12(10-13)11-16-6-8-17(9-7-16)20(18,19)14-4-5-14/h1-3,10,14H,4-9,11H2. The lowest BCUT2D eigenvalue weighted by Gasteiger charge is -2.34. The van der Waals surface area contributed by atoms with E-state index in [1.807, 2.05) is 18.2 Å². The fraction of sp³-hybridized carbons (Fsp3) is 0.571. The van der Waals surface area contributed by atoms with Gasteiger partial charge in [-0.05, 0) is 30.5 Å². The van der Waals surface area contributed by atoms with Gasteiger partial charge in [0.1, 0.15) is 0 Å². The molecule has 0 amide bonds. The Balaban J connectivity index is 1.56. The molecule has 0 radical (unpaired) electrons. The van der Waals surface area contributed by atoms with Gasteiger partial charge in [0.2, 0.25) is 10.0 Å². The first-order valence-electron chi connectivity index (χ1n) is 7.01. The summed E-state index contributed by atoms with van der Waals surface area (Å²) in [5, 5.41) is 0.652. The van der Waals surface area contributed by atoms with Crippen LogP contribution in [-0.2, 0) is 16.6 Å². The van der Waals surface area contributed by atoms with Gasteiger partial charge in [-0.2, -0.15) is 4.31 Å². The van der Waals surface area contributed by atoms with Gasteiger partial charge in [0, 0.05) is 37.7 Å². The Morgan fingerprint density at radius 1 is 1.15 bits per heavy atom. The normalized spacial score (nSPS) is 22.1. The van der Waals surface area contributed by atoms with Crippen LogP contribution in [0.5, 0.6) is 0 Å². The van der Waals surface area contributed by atoms with Gasteiger partial charge in [0.15, 0.2) is 0 Å². The molecule has 6 heteroatoms. The topological polar surface area (TPSA) is 40.6 Å². The molecule has 0 bridgehead atoms. The fourth-order valence-electron chi connectivity index (χ4n) is 2.61. The van der Waals surface area contributed by atoms with Crippen molar-refractivity contribution in [3.63, 3.8) is 0 Å². The summed E-state index contributed by atoms with van der Waals surface area (Å²) >= 11 is 5.98. The summed E-state index contributed by atoms with van der Waals surface area (Å²) in [6.45, 7) is 3.63. The second-order valence-electron chi connectivity index (χ2n) is 5.55. The minimum absolute atomic E-state index is 0.0954. The van der Waals surface area contributed by atoms with Gasteiger partial charge in [0.25, 0.3) is 0 Å². The van der Waals surface area contributed by atoms with Gasteiger partial charge < -0.3 is 0 Å². The highest BCUT2D eigenvalue weighted by Gasteiger charge is 2.40. The van der Waals surface area contributed by atoms with Crippen LogP contribution in [0.25, 0.3) is 0 Å². The Hall–Kier alpha value is -0.620. The van der Waals surface area contributed by atoms with Crippen molar-refractivity contribution < 1.29 is 8.42 Å². The first-order chi connectivity index (χ1) is 9.55. The van der Waals surface area contributed by atoms with E-state index in [9.17, 15) is 8.42 Å². The first-order valence-corrected chi connectivity index (χ1v) is 8.89. The number of piperazine rings is 1. The SMILES string of the molecule is O=S(=O)(C1CC1)N1CCN(Cc2cccc(Cl)c2)CC1. The van der Waals surface area contributed by atoms with Crippen LogP contribution >= 0.6 is 11.6 Å². The van der Waals surface area contributed by atoms with Crippen LogP contribution in [0.3, 0.4) is 0 Å². The van der Waals surface area contributed by atoms with E-state index in [2.05, 4.69) is 11.0 Å². The zero-order valence-corrected chi connectivity index (χ0v) is 12.9. The molecule has 2 fully saturated rings. The fourth-order valence-corrected chi connectivity index (χ4v) is 4.65. The average Bonchev–Trinajstić information content (AvgIpc) is 3.24. The minimum Gasteiger partial charge on any atom is -0.296 e. The molecule has 1 aliphatic carbocycles. The molecule has 1 saturated carbocycles. The van der Waals surface area contributed by atoms with Gasteiger partial charge in [-0.15, -0.1) is 0 Å². The summed E-state index contributed by atoms with van der Waals surface area (Å²) in [7, 11) is -3.01. The van der Waals surface area contributed by atoms with Crippen molar-refractivity contribution in [2.45, 2.75) is 24.6 Å². The molecule has 0 atom stereocenters. The lowest BCUT2D eigenvalue weighted by Crippen LogP contribution is -2.49. The summed E-state index contributed by atoms with van der Waals surface area (Å²) in [5.41, 5.74) is 1.18. The van der Waals surface area contributed by atoms with Crippen LogP contribution in [0.4, 0.5) is 0 Å². The van der Waals surface area contributed by atoms with Crippen LogP contribution in [0.1, 0.15) is 18.4 Å². The van der Waals surface area contributed by atoms with E-state index in [4.69, 9.17) is 11.6 Å². The molecule has 1 saturated heterocycles. The molecule has 110 valence electrons. The number of hydrogen-bond acceptors (Lipinski definition) is 3. The predicted molar refractivity (Wildman–Crippen MR) is 80.2 cm³/mol. The molecule has 4 nitrogen and oxygen atoms in total. The maximum absolute atomic E-state index is 12.1. The monoisotopic (exact) mass is 314 g/mol. The molecule has 1 aromatic carbocycles. The third-order valence-electron chi connectivity index (χ3n) is 3.93. The lowest BCUT2D eigenvalue weighted by atomic mass is 10.2. The van der Waals surface area contributed by atoms with E-state index in [0.29, 0.717) is 13.1 Å². The maximum atomic E-state index is 12.1. The second kappa shape index (κ2) is 5.64. The third kappa shape index (κ3) is 3.17. The molecule has 0 spiro atoms. The number of nitrogens with zero attached hydrogens (tertiary/aromatic N) is 2. The van der Waals surface area contributed by atoms with Gasteiger partial charge in [-0.25, -0.2) is 8.42 Å². The molecule has 0 N–H and O–H groups in total. The van der Waals surface area contributed by atoms with Crippen molar-refractivity contribution in [3.05, 3.63) is 34.9 Å². The third-order valence-corrected chi connectivity index (χ3v) is 6.57. The molecule has 1 aromatic rings. The number of rotatable bonds is 4. The van der Waals surface area contributed by atoms with E-state index in [1.54, 1.807) is 4.31 Å². The van der Waals surface area contributed by atoms with Crippen molar-refractivity contribution in [2.24, 2.45) is 0 Å². The molecular weight excluding hydrogens is 296 g/mol. The molecule has 1 aliphatic heterocycles. The molecule has 0 unspecified atom stereocenters. The van der Waals surface area contributed by atoms with Gasteiger partial charge >= 0.3 is 0 Å². The smallest absolute Gasteiger partial charge is 0.217 e. The van der Waals surface area contributed by atoms with Gasteiger partial charge in [0.05, 0.1) is 5.25 Å². The van der Waals surface area contributed by atoms with E-state index >= 15 is 0 Å². The van der Waals surface area contributed by atoms with Crippen molar-refractivity contribution in [3.8, 4) is 0 Å². The van der Waals surface area contributed by atoms with Crippen molar-refractivity contribution in [1.82, 2.24) is 9.21 Å². The van der Waals surface area contributed by atoms with Gasteiger partial charge in [-0.3, -0.25) is 4.90 Å². The Morgan fingerprint density at radius 3 is 2.45 bits per heavy atom. The molecular formula is C14H19ClN2O2S. The van der Waals surface area contributed by atoms with Crippen LogP contribution in [0.2, 0.25) is 5.02 Å². The average molecular weight is 315 g/mol. The Kier molecular flexibility index (Phi) is 4.04. The zero-order chi connectivity index (χ0) is 14.2. The number of halogens is 1. The summed E-state index contributed by atoms with van der Waals surface area (Å²) in [6, 6.07) is 7.84. The van der Waals surface area contributed by atoms with Crippen molar-refractivity contribution in [2.75, 3.05) is 26.2 Å². The maximum Gasteiger partial charge on any atom is 0.217 e. The highest BCUT2D eigenvalue weighted by molar-refractivity contribution is 7.90. The number of hydrogen-bond donors (Lipinski definition) is 0. The van der Waals surface area contributed by atoms with Crippen LogP contribution in [0, 0.1) is 0 Å². The highest BCUT2D eigenvalue weighted by atomic mass is 35.5. The molecule has 1 heterocycles. The van der Waals surface area contributed by atoms with Crippen LogP contribution in [-0.4, -0.2) is 49.1 Å². The number of sulfonamides is 1. The minimum atomic E-state index is -3.01. The van der Waals surface area contributed by atoms with Crippen molar-refractivity contribution >= 4 is 21.6 Å². The quantitative estimate of drug-likeness (QED) is 0.853. The second-order valence-corrected chi connectivity index (χ2v) is 8.20. The van der Waals surface area contributed by atoms with E-state index in [-0.39, 0.29) is 5.25 Å². The van der Waals surface area contributed by atoms with E-state index in [1.165, 1.54) is 5.56 Å². The molecule has 0 aromatic heterocycles. The highest BCUT2D eigenvalue weighted by Crippen LogP contribution is 2.31. The Morgan fingerprint density at radius 2 is 1.85 bits per heavy atom. The summed E-state index contributed by atoms with van der Waals surface area (Å²) in [4.78, 5) is 2.28. The first kappa shape index (κ1) is 14.3. The van der Waals surface area contributed by atoms with Crippen LogP contribution in [0.15, 0.2) is 24.3 Å². The molecule has 20 heavy (non-hydrogen) atoms. The van der Waals surface area contributed by atoms with Crippen molar-refractivity contribution in [1.29, 1.82) is 0 Å². The van der Waals surface area contributed by atoms with Crippen LogP contribution < -0.4 is 0 Å². The zero-order valence-electron chi connectivity index (χ0n) is 11.3. The van der Waals surface area contributed by atoms with Gasteiger partial charge in [-0.1, -0.05) is 23.7 Å². The molecule has 2 aliphatic rings. The summed E-state index contributed by atoms with van der Waals surface area (Å²) in [5.74, 6) is 0. The number of benzene rings is 1. The predicted octanol–water partition coefficient (Wildman–Crippen LogP) is 1.95. The Bertz CT molecular complexity index is 579. The Labute approximate surface area is 125 Å². The summed E-state index contributed by atoms with van der Waals surface area (Å²) in [6.07, 6.45) is 1.68. The van der Waals surface area contributed by atoms with E-state index < -0.39 is 10.0 Å². The molecule has 3 rings (SSSR count). The van der Waals surface area contributed by atoms with E-state index in [0.717, 1.165) is 37.5 Å². The lowest BCUT2D eigenvalue weighted by molar-refractivity contribution is 0.181. The summed E-state index contributed by atoms with van der Waals surface area (Å²) < 4.78 is 26.0.